The summed E-state index contributed by atoms with van der Waals surface area (Å²) in [7, 11) is 1.71. The molecule has 7 heteroatoms. The second kappa shape index (κ2) is 8.84. The van der Waals surface area contributed by atoms with Crippen molar-refractivity contribution in [3.05, 3.63) is 77.4 Å². The van der Waals surface area contributed by atoms with E-state index < -0.39 is 11.9 Å². The molecule has 2 atom stereocenters. The Balaban J connectivity index is 1.51. The van der Waals surface area contributed by atoms with Crippen LogP contribution in [0.4, 0.5) is 5.69 Å². The van der Waals surface area contributed by atoms with Crippen molar-refractivity contribution in [1.82, 2.24) is 20.5 Å². The third kappa shape index (κ3) is 4.33. The normalized spacial score (nSPS) is 18.1. The Morgan fingerprint density at radius 3 is 2.74 bits per heavy atom. The van der Waals surface area contributed by atoms with E-state index in [0.717, 1.165) is 16.8 Å². The van der Waals surface area contributed by atoms with E-state index in [2.05, 4.69) is 26.4 Å². The van der Waals surface area contributed by atoms with E-state index in [1.165, 1.54) is 0 Å². The number of aromatic nitrogens is 3. The number of hydrogen-bond donors (Lipinski definition) is 2. The summed E-state index contributed by atoms with van der Waals surface area (Å²) in [6.45, 7) is 0. The number of nitrogens with one attached hydrogen (secondary N) is 2. The number of benzene rings is 2. The first-order chi connectivity index (χ1) is 15.1. The number of H-pyrrole nitrogens is 1. The van der Waals surface area contributed by atoms with E-state index >= 15 is 0 Å². The lowest BCUT2D eigenvalue weighted by Gasteiger charge is -2.21. The number of carbonyl (C=O) groups excluding carboxylic acids is 2. The van der Waals surface area contributed by atoms with E-state index in [-0.39, 0.29) is 17.6 Å². The molecule has 1 aliphatic heterocycles. The lowest BCUT2D eigenvalue weighted by atomic mass is 9.90. The number of terminal acetylenes is 1. The molecule has 2 heterocycles. The van der Waals surface area contributed by atoms with Crippen molar-refractivity contribution in [3.8, 4) is 12.3 Å². The van der Waals surface area contributed by atoms with Crippen LogP contribution in [0.15, 0.2) is 54.6 Å². The van der Waals surface area contributed by atoms with Crippen LogP contribution in [0.3, 0.4) is 0 Å². The van der Waals surface area contributed by atoms with Gasteiger partial charge in [-0.3, -0.25) is 14.7 Å². The monoisotopic (exact) mass is 413 g/mol. The molecule has 1 aliphatic rings. The number of nitrogens with zero attached hydrogens (tertiary/aromatic N) is 3. The molecule has 156 valence electrons. The average molecular weight is 413 g/mol. The van der Waals surface area contributed by atoms with Gasteiger partial charge in [-0.05, 0) is 29.5 Å². The van der Waals surface area contributed by atoms with Crippen molar-refractivity contribution in [3.63, 3.8) is 0 Å². The van der Waals surface area contributed by atoms with E-state index in [0.29, 0.717) is 25.1 Å². The van der Waals surface area contributed by atoms with Gasteiger partial charge in [0.15, 0.2) is 0 Å². The Morgan fingerprint density at radius 1 is 1.23 bits per heavy atom. The lowest BCUT2D eigenvalue weighted by molar-refractivity contribution is -0.120. The zero-order valence-electron chi connectivity index (χ0n) is 17.2. The summed E-state index contributed by atoms with van der Waals surface area (Å²) in [4.78, 5) is 31.8. The zero-order valence-corrected chi connectivity index (χ0v) is 17.2. The highest BCUT2D eigenvalue weighted by atomic mass is 16.2. The highest BCUT2D eigenvalue weighted by Crippen LogP contribution is 2.36. The average Bonchev–Trinajstić information content (AvgIpc) is 3.23. The summed E-state index contributed by atoms with van der Waals surface area (Å²) >= 11 is 0. The third-order valence-electron chi connectivity index (χ3n) is 5.51. The van der Waals surface area contributed by atoms with Gasteiger partial charge in [-0.2, -0.15) is 0 Å². The molecule has 2 amide bonds. The number of aromatic amines is 1. The zero-order chi connectivity index (χ0) is 21.8. The summed E-state index contributed by atoms with van der Waals surface area (Å²) in [5.74, 6) is 2.56. The molecule has 4 rings (SSSR count). The van der Waals surface area contributed by atoms with Gasteiger partial charge in [-0.25, -0.2) is 4.98 Å². The van der Waals surface area contributed by atoms with Crippen LogP contribution in [-0.2, 0) is 11.2 Å². The molecule has 31 heavy (non-hydrogen) atoms. The fourth-order valence-corrected chi connectivity index (χ4v) is 3.95. The second-order valence-electron chi connectivity index (χ2n) is 7.59. The number of likely N-dealkylation sites (N-methyl/N-ethyl adjacent to an activating group) is 1. The standard InChI is InChI=1S/C24H23N5O2/c1-3-9-17-15-19(24(31)29(2)20-13-8-7-12-18(17)20)25-23(30)22-26-21(27-28-22)14-16-10-5-4-6-11-16/h1,4-8,10-13,17,19H,9,14-15H2,2H3,(H,25,30)(H,26,27,28)/t17-,19-/m0/s1. The van der Waals surface area contributed by atoms with Gasteiger partial charge >= 0.3 is 0 Å². The van der Waals surface area contributed by atoms with Gasteiger partial charge in [0, 0.05) is 25.6 Å². The first-order valence-electron chi connectivity index (χ1n) is 10.1. The van der Waals surface area contributed by atoms with Crippen LogP contribution < -0.4 is 10.2 Å². The number of carbonyl (C=O) groups is 2. The SMILES string of the molecule is C#CC[C@H]1C[C@H](NC(=O)c2n[nH]c(Cc3ccccc3)n2)C(=O)N(C)c2ccccc21. The van der Waals surface area contributed by atoms with Crippen molar-refractivity contribution in [2.75, 3.05) is 11.9 Å². The molecule has 0 saturated heterocycles. The Morgan fingerprint density at radius 2 is 1.97 bits per heavy atom. The Labute approximate surface area is 180 Å². The maximum atomic E-state index is 13.1. The number of hydrogen-bond acceptors (Lipinski definition) is 4. The molecule has 3 aromatic rings. The van der Waals surface area contributed by atoms with Gasteiger partial charge in [0.25, 0.3) is 5.91 Å². The molecule has 0 spiro atoms. The largest absolute Gasteiger partial charge is 0.337 e. The fraction of sp³-hybridized carbons (Fsp3) is 0.250. The van der Waals surface area contributed by atoms with Crippen LogP contribution in [0.5, 0.6) is 0 Å². The molecule has 0 aliphatic carbocycles. The van der Waals surface area contributed by atoms with E-state index in [1.807, 2.05) is 54.6 Å². The van der Waals surface area contributed by atoms with Crippen LogP contribution in [0.1, 0.15) is 46.3 Å². The van der Waals surface area contributed by atoms with Crippen LogP contribution in [0, 0.1) is 12.3 Å². The maximum absolute atomic E-state index is 13.1. The van der Waals surface area contributed by atoms with Crippen molar-refractivity contribution in [1.29, 1.82) is 0 Å². The highest BCUT2D eigenvalue weighted by molar-refractivity contribution is 6.02. The van der Waals surface area contributed by atoms with Crippen LogP contribution in [0.25, 0.3) is 0 Å². The second-order valence-corrected chi connectivity index (χ2v) is 7.59. The van der Waals surface area contributed by atoms with Crippen LogP contribution in [-0.4, -0.2) is 40.1 Å². The first kappa shape index (κ1) is 20.4. The predicted octanol–water partition coefficient (Wildman–Crippen LogP) is 2.67. The minimum atomic E-state index is -0.723. The molecule has 1 aromatic heterocycles. The van der Waals surface area contributed by atoms with Gasteiger partial charge in [0.1, 0.15) is 11.9 Å². The maximum Gasteiger partial charge on any atom is 0.291 e. The van der Waals surface area contributed by atoms with Crippen molar-refractivity contribution < 1.29 is 9.59 Å². The molecule has 0 fully saturated rings. The number of rotatable bonds is 5. The Kier molecular flexibility index (Phi) is 5.80. The molecule has 0 saturated carbocycles. The van der Waals surface area contributed by atoms with Gasteiger partial charge in [-0.1, -0.05) is 48.5 Å². The smallest absolute Gasteiger partial charge is 0.291 e. The van der Waals surface area contributed by atoms with Gasteiger partial charge in [0.05, 0.1) is 0 Å². The summed E-state index contributed by atoms with van der Waals surface area (Å²) in [6, 6.07) is 16.8. The Bertz CT molecular complexity index is 1130. The van der Waals surface area contributed by atoms with Gasteiger partial charge in [-0.15, -0.1) is 17.4 Å². The van der Waals surface area contributed by atoms with Crippen molar-refractivity contribution in [2.45, 2.75) is 31.2 Å². The lowest BCUT2D eigenvalue weighted by Crippen LogP contribution is -2.47. The summed E-state index contributed by atoms with van der Waals surface area (Å²) in [5.41, 5.74) is 2.88. The molecular formula is C24H23N5O2. The van der Waals surface area contributed by atoms with Crippen molar-refractivity contribution >= 4 is 17.5 Å². The summed E-state index contributed by atoms with van der Waals surface area (Å²) < 4.78 is 0. The number of amides is 2. The molecule has 0 unspecified atom stereocenters. The van der Waals surface area contributed by atoms with Gasteiger partial charge in [0.2, 0.25) is 11.7 Å². The molecule has 2 N–H and O–H groups in total. The fourth-order valence-electron chi connectivity index (χ4n) is 3.95. The predicted molar refractivity (Wildman–Crippen MR) is 118 cm³/mol. The molecular weight excluding hydrogens is 390 g/mol. The van der Waals surface area contributed by atoms with Crippen LogP contribution in [0.2, 0.25) is 0 Å². The van der Waals surface area contributed by atoms with E-state index in [4.69, 9.17) is 6.42 Å². The van der Waals surface area contributed by atoms with E-state index in [1.54, 1.807) is 11.9 Å². The minimum Gasteiger partial charge on any atom is -0.337 e. The van der Waals surface area contributed by atoms with Crippen molar-refractivity contribution in [2.24, 2.45) is 0 Å². The number of para-hydroxylation sites is 1. The summed E-state index contributed by atoms with van der Waals surface area (Å²) in [5, 5.41) is 9.65. The molecule has 0 bridgehead atoms. The minimum absolute atomic E-state index is 0.0108. The first-order valence-corrected chi connectivity index (χ1v) is 10.1. The van der Waals surface area contributed by atoms with E-state index in [9.17, 15) is 9.59 Å². The van der Waals surface area contributed by atoms with Gasteiger partial charge < -0.3 is 10.2 Å². The third-order valence-corrected chi connectivity index (χ3v) is 5.51. The number of fused-ring (bicyclic) bond motifs is 1. The molecule has 2 aromatic carbocycles. The topological polar surface area (TPSA) is 91.0 Å². The quantitative estimate of drug-likeness (QED) is 0.629. The van der Waals surface area contributed by atoms with Crippen LogP contribution >= 0.6 is 0 Å². The number of anilines is 1. The molecule has 7 nitrogen and oxygen atoms in total. The highest BCUT2D eigenvalue weighted by Gasteiger charge is 2.34. The Hall–Kier alpha value is -3.92. The summed E-state index contributed by atoms with van der Waals surface area (Å²) in [6.07, 6.45) is 7.01. The molecule has 0 radical (unpaired) electrons.